The van der Waals surface area contributed by atoms with Gasteiger partial charge in [-0.1, -0.05) is 53.0 Å². The number of halogens is 3. The first-order valence-electron chi connectivity index (χ1n) is 7.46. The van der Waals surface area contributed by atoms with Crippen molar-refractivity contribution >= 4 is 63.3 Å². The van der Waals surface area contributed by atoms with E-state index < -0.39 is 18.0 Å². The van der Waals surface area contributed by atoms with E-state index in [2.05, 4.69) is 15.5 Å². The molecule has 0 aliphatic carbocycles. The van der Waals surface area contributed by atoms with Gasteiger partial charge < -0.3 is 10.1 Å². The van der Waals surface area contributed by atoms with Crippen LogP contribution in [0.2, 0.25) is 15.1 Å². The molecular weight excluding hydrogens is 401 g/mol. The summed E-state index contributed by atoms with van der Waals surface area (Å²) in [6.45, 7) is 1.44. The van der Waals surface area contributed by atoms with Gasteiger partial charge in [-0.2, -0.15) is 5.10 Å². The van der Waals surface area contributed by atoms with E-state index in [-0.39, 0.29) is 26.4 Å². The van der Waals surface area contributed by atoms with Crippen molar-refractivity contribution in [1.82, 2.24) is 10.2 Å². The summed E-state index contributed by atoms with van der Waals surface area (Å²) in [6.07, 6.45) is -1.08. The fourth-order valence-corrected chi connectivity index (χ4v) is 2.84. The number of nitrogens with zero attached hydrogens (tertiary/aromatic N) is 1. The van der Waals surface area contributed by atoms with E-state index in [0.29, 0.717) is 10.9 Å². The van der Waals surface area contributed by atoms with Gasteiger partial charge in [0.15, 0.2) is 11.8 Å². The zero-order valence-corrected chi connectivity index (χ0v) is 15.6. The fraction of sp³-hybridized carbons (Fsp3) is 0.118. The Labute approximate surface area is 163 Å². The first kappa shape index (κ1) is 18.5. The zero-order valence-electron chi connectivity index (χ0n) is 13.3. The van der Waals surface area contributed by atoms with Crippen LogP contribution in [0.3, 0.4) is 0 Å². The summed E-state index contributed by atoms with van der Waals surface area (Å²) in [7, 11) is 0. The molecule has 26 heavy (non-hydrogen) atoms. The van der Waals surface area contributed by atoms with E-state index in [1.165, 1.54) is 19.1 Å². The van der Waals surface area contributed by atoms with Gasteiger partial charge in [0.05, 0.1) is 26.3 Å². The molecule has 1 atom stereocenters. The van der Waals surface area contributed by atoms with Crippen molar-refractivity contribution in [2.24, 2.45) is 0 Å². The number of fused-ring (bicyclic) bond motifs is 1. The number of para-hydroxylation sites is 1. The number of nitrogens with one attached hydrogen (secondary N) is 2. The molecule has 0 bridgehead atoms. The van der Waals surface area contributed by atoms with Crippen LogP contribution in [-0.4, -0.2) is 28.2 Å². The molecule has 0 fully saturated rings. The number of hydrogen-bond donors (Lipinski definition) is 2. The van der Waals surface area contributed by atoms with Crippen LogP contribution in [0.1, 0.15) is 17.4 Å². The maximum Gasteiger partial charge on any atom is 0.360 e. The molecule has 6 nitrogen and oxygen atoms in total. The van der Waals surface area contributed by atoms with E-state index in [9.17, 15) is 9.59 Å². The molecule has 134 valence electrons. The Morgan fingerprint density at radius 2 is 1.81 bits per heavy atom. The molecule has 1 aromatic heterocycles. The largest absolute Gasteiger partial charge is 0.448 e. The predicted octanol–water partition coefficient (Wildman–Crippen LogP) is 4.71. The highest BCUT2D eigenvalue weighted by atomic mass is 35.5. The number of ether oxygens (including phenoxy) is 1. The molecule has 2 aromatic carbocycles. The second kappa shape index (κ2) is 7.53. The van der Waals surface area contributed by atoms with Crippen LogP contribution in [0.25, 0.3) is 10.9 Å². The van der Waals surface area contributed by atoms with Crippen LogP contribution >= 0.6 is 34.8 Å². The lowest BCUT2D eigenvalue weighted by atomic mass is 10.2. The van der Waals surface area contributed by atoms with Gasteiger partial charge >= 0.3 is 5.97 Å². The van der Waals surface area contributed by atoms with E-state index in [0.717, 1.165) is 0 Å². The zero-order chi connectivity index (χ0) is 18.8. The summed E-state index contributed by atoms with van der Waals surface area (Å²) in [5.74, 6) is -1.29. The number of benzene rings is 2. The SMILES string of the molecule is C[C@H](OC(=O)c1n[nH]c2ccccc12)C(=O)Nc1cc(Cl)c(Cl)cc1Cl. The molecule has 0 saturated heterocycles. The van der Waals surface area contributed by atoms with Gasteiger partial charge in [0.25, 0.3) is 5.91 Å². The third-order valence-electron chi connectivity index (χ3n) is 3.58. The van der Waals surface area contributed by atoms with Gasteiger partial charge in [0.1, 0.15) is 0 Å². The number of aromatic nitrogens is 2. The van der Waals surface area contributed by atoms with Crippen LogP contribution in [0.15, 0.2) is 36.4 Å². The van der Waals surface area contributed by atoms with Crippen molar-refractivity contribution in [2.45, 2.75) is 13.0 Å². The third kappa shape index (κ3) is 3.77. The van der Waals surface area contributed by atoms with Gasteiger partial charge in [-0.15, -0.1) is 0 Å². The molecule has 0 saturated carbocycles. The van der Waals surface area contributed by atoms with Gasteiger partial charge in [0, 0.05) is 5.39 Å². The summed E-state index contributed by atoms with van der Waals surface area (Å²) in [4.78, 5) is 24.6. The lowest BCUT2D eigenvalue weighted by molar-refractivity contribution is -0.123. The van der Waals surface area contributed by atoms with Crippen LogP contribution in [0.5, 0.6) is 0 Å². The highest BCUT2D eigenvalue weighted by molar-refractivity contribution is 6.44. The van der Waals surface area contributed by atoms with Gasteiger partial charge in [-0.25, -0.2) is 4.79 Å². The minimum atomic E-state index is -1.08. The summed E-state index contributed by atoms with van der Waals surface area (Å²) in [5, 5.41) is 10.5. The lowest BCUT2D eigenvalue weighted by Crippen LogP contribution is -2.30. The number of carbonyl (C=O) groups excluding carboxylic acids is 2. The molecule has 0 spiro atoms. The monoisotopic (exact) mass is 411 g/mol. The number of aromatic amines is 1. The van der Waals surface area contributed by atoms with Crippen molar-refractivity contribution in [1.29, 1.82) is 0 Å². The summed E-state index contributed by atoms with van der Waals surface area (Å²) in [5.41, 5.74) is 1.06. The normalized spacial score (nSPS) is 12.0. The Kier molecular flexibility index (Phi) is 5.36. The van der Waals surface area contributed by atoms with E-state index >= 15 is 0 Å². The fourth-order valence-electron chi connectivity index (χ4n) is 2.24. The van der Waals surface area contributed by atoms with Crippen molar-refractivity contribution in [3.05, 3.63) is 57.2 Å². The summed E-state index contributed by atoms with van der Waals surface area (Å²) < 4.78 is 5.20. The average Bonchev–Trinajstić information content (AvgIpc) is 3.03. The number of amides is 1. The first-order chi connectivity index (χ1) is 12.4. The molecule has 0 aliphatic rings. The minimum absolute atomic E-state index is 0.104. The van der Waals surface area contributed by atoms with Crippen molar-refractivity contribution < 1.29 is 14.3 Å². The molecule has 1 heterocycles. The second-order valence-electron chi connectivity index (χ2n) is 5.40. The summed E-state index contributed by atoms with van der Waals surface area (Å²) in [6, 6.07) is 9.92. The second-order valence-corrected chi connectivity index (χ2v) is 6.62. The smallest absolute Gasteiger partial charge is 0.360 e. The standard InChI is InChI=1S/C17H12Cl3N3O3/c1-8(16(24)21-14-7-11(19)10(18)6-12(14)20)26-17(25)15-9-4-2-3-5-13(9)22-23-15/h2-8H,1H3,(H,21,24)(H,22,23)/t8-/m0/s1. The maximum absolute atomic E-state index is 12.3. The van der Waals surface area contributed by atoms with Crippen LogP contribution < -0.4 is 5.32 Å². The average molecular weight is 413 g/mol. The lowest BCUT2D eigenvalue weighted by Gasteiger charge is -2.14. The third-order valence-corrected chi connectivity index (χ3v) is 4.62. The number of carbonyl (C=O) groups is 2. The van der Waals surface area contributed by atoms with Gasteiger partial charge in [-0.05, 0) is 25.1 Å². The number of hydrogen-bond acceptors (Lipinski definition) is 4. The van der Waals surface area contributed by atoms with Crippen LogP contribution in [-0.2, 0) is 9.53 Å². The van der Waals surface area contributed by atoms with Gasteiger partial charge in [0.2, 0.25) is 0 Å². The Balaban J connectivity index is 1.71. The number of rotatable bonds is 4. The first-order valence-corrected chi connectivity index (χ1v) is 8.59. The van der Waals surface area contributed by atoms with Crippen molar-refractivity contribution in [2.75, 3.05) is 5.32 Å². The number of anilines is 1. The minimum Gasteiger partial charge on any atom is -0.448 e. The number of H-pyrrole nitrogens is 1. The maximum atomic E-state index is 12.3. The topological polar surface area (TPSA) is 84.1 Å². The predicted molar refractivity (Wildman–Crippen MR) is 101 cm³/mol. The van der Waals surface area contributed by atoms with E-state index in [1.807, 2.05) is 6.07 Å². The quantitative estimate of drug-likeness (QED) is 0.480. The molecule has 0 aliphatic heterocycles. The van der Waals surface area contributed by atoms with Crippen molar-refractivity contribution in [3.8, 4) is 0 Å². The molecule has 0 unspecified atom stereocenters. The molecule has 1 amide bonds. The van der Waals surface area contributed by atoms with Crippen LogP contribution in [0.4, 0.5) is 5.69 Å². The van der Waals surface area contributed by atoms with Gasteiger partial charge in [-0.3, -0.25) is 9.89 Å². The molecule has 9 heteroatoms. The highest BCUT2D eigenvalue weighted by Gasteiger charge is 2.23. The Hall–Kier alpha value is -2.28. The molecule has 0 radical (unpaired) electrons. The Bertz CT molecular complexity index is 1000. The van der Waals surface area contributed by atoms with Crippen LogP contribution in [0, 0.1) is 0 Å². The van der Waals surface area contributed by atoms with E-state index in [1.54, 1.807) is 18.2 Å². The highest BCUT2D eigenvalue weighted by Crippen LogP contribution is 2.32. The molecule has 2 N–H and O–H groups in total. The number of esters is 1. The Morgan fingerprint density at radius 1 is 1.12 bits per heavy atom. The summed E-state index contributed by atoms with van der Waals surface area (Å²) >= 11 is 17.8. The molecule has 3 rings (SSSR count). The van der Waals surface area contributed by atoms with Crippen molar-refractivity contribution in [3.63, 3.8) is 0 Å². The Morgan fingerprint density at radius 3 is 2.58 bits per heavy atom. The van der Waals surface area contributed by atoms with E-state index in [4.69, 9.17) is 39.5 Å². The molecule has 3 aromatic rings. The molecular formula is C17H12Cl3N3O3.